The number of amides is 1. The Hall–Kier alpha value is -3.09. The van der Waals surface area contributed by atoms with Crippen LogP contribution in [0, 0.1) is 10.1 Å². The standard InChI is InChI=1S/C16H16N2O5/c1-22-12-5-4-6-13(11-12)23-10-9-17-16(19)14-7-2-3-8-15(14)18(20)21/h2-8,11H,9-10H2,1H3,(H,17,19). The molecule has 0 spiro atoms. The zero-order valence-electron chi connectivity index (χ0n) is 12.5. The predicted molar refractivity (Wildman–Crippen MR) is 83.9 cm³/mol. The number of carbonyl (C=O) groups is 1. The number of nitro benzene ring substituents is 1. The van der Waals surface area contributed by atoms with Crippen molar-refractivity contribution in [3.8, 4) is 11.5 Å². The van der Waals surface area contributed by atoms with Gasteiger partial charge in [-0.25, -0.2) is 0 Å². The fourth-order valence-electron chi connectivity index (χ4n) is 1.94. The number of benzene rings is 2. The molecular weight excluding hydrogens is 300 g/mol. The maximum Gasteiger partial charge on any atom is 0.282 e. The monoisotopic (exact) mass is 316 g/mol. The van der Waals surface area contributed by atoms with Crippen LogP contribution in [0.1, 0.15) is 10.4 Å². The van der Waals surface area contributed by atoms with E-state index in [0.717, 1.165) is 0 Å². The summed E-state index contributed by atoms with van der Waals surface area (Å²) in [5.74, 6) is 0.780. The van der Waals surface area contributed by atoms with Gasteiger partial charge in [-0.2, -0.15) is 0 Å². The third-order valence-electron chi connectivity index (χ3n) is 3.04. The van der Waals surface area contributed by atoms with Gasteiger partial charge in [0.05, 0.1) is 18.6 Å². The molecule has 0 atom stereocenters. The van der Waals surface area contributed by atoms with Crippen molar-refractivity contribution in [3.05, 3.63) is 64.2 Å². The molecule has 23 heavy (non-hydrogen) atoms. The molecule has 2 aromatic carbocycles. The van der Waals surface area contributed by atoms with E-state index < -0.39 is 10.8 Å². The fraction of sp³-hybridized carbons (Fsp3) is 0.188. The first-order chi connectivity index (χ1) is 11.1. The van der Waals surface area contributed by atoms with E-state index in [1.54, 1.807) is 37.4 Å². The van der Waals surface area contributed by atoms with Crippen LogP contribution in [0.2, 0.25) is 0 Å². The first kappa shape index (κ1) is 16.3. The third kappa shape index (κ3) is 4.44. The van der Waals surface area contributed by atoms with Gasteiger partial charge >= 0.3 is 0 Å². The maximum atomic E-state index is 12.0. The summed E-state index contributed by atoms with van der Waals surface area (Å²) in [5.41, 5.74) is -0.197. The summed E-state index contributed by atoms with van der Waals surface area (Å²) in [6.45, 7) is 0.460. The molecule has 0 saturated heterocycles. The Kier molecular flexibility index (Phi) is 5.51. The van der Waals surface area contributed by atoms with Crippen molar-refractivity contribution in [2.45, 2.75) is 0 Å². The van der Waals surface area contributed by atoms with Gasteiger partial charge < -0.3 is 14.8 Å². The lowest BCUT2D eigenvalue weighted by atomic mass is 10.1. The lowest BCUT2D eigenvalue weighted by molar-refractivity contribution is -0.385. The minimum atomic E-state index is -0.582. The van der Waals surface area contributed by atoms with Gasteiger partial charge in [0, 0.05) is 12.1 Å². The van der Waals surface area contributed by atoms with Crippen molar-refractivity contribution < 1.29 is 19.2 Å². The molecule has 0 aliphatic carbocycles. The van der Waals surface area contributed by atoms with Gasteiger partial charge in [-0.15, -0.1) is 0 Å². The van der Waals surface area contributed by atoms with Gasteiger partial charge in [0.25, 0.3) is 11.6 Å². The van der Waals surface area contributed by atoms with E-state index >= 15 is 0 Å². The number of rotatable bonds is 7. The average molecular weight is 316 g/mol. The summed E-state index contributed by atoms with van der Waals surface area (Å²) < 4.78 is 10.6. The van der Waals surface area contributed by atoms with Gasteiger partial charge in [0.15, 0.2) is 0 Å². The van der Waals surface area contributed by atoms with Crippen molar-refractivity contribution in [2.24, 2.45) is 0 Å². The normalized spacial score (nSPS) is 9.96. The SMILES string of the molecule is COc1cccc(OCCNC(=O)c2ccccc2[N+](=O)[O-])c1. The smallest absolute Gasteiger partial charge is 0.282 e. The molecule has 0 saturated carbocycles. The molecule has 7 nitrogen and oxygen atoms in total. The molecule has 0 aliphatic heterocycles. The lowest BCUT2D eigenvalue weighted by Gasteiger charge is -2.09. The molecule has 0 aliphatic rings. The fourth-order valence-corrected chi connectivity index (χ4v) is 1.94. The number of carbonyl (C=O) groups excluding carboxylic acids is 1. The molecule has 0 bridgehead atoms. The molecule has 0 heterocycles. The molecular formula is C16H16N2O5. The molecule has 0 fully saturated rings. The Bertz CT molecular complexity index is 702. The highest BCUT2D eigenvalue weighted by Crippen LogP contribution is 2.19. The Morgan fingerprint density at radius 3 is 2.65 bits per heavy atom. The summed E-state index contributed by atoms with van der Waals surface area (Å²) in [5, 5.41) is 13.5. The third-order valence-corrected chi connectivity index (χ3v) is 3.04. The largest absolute Gasteiger partial charge is 0.497 e. The highest BCUT2D eigenvalue weighted by atomic mass is 16.6. The highest BCUT2D eigenvalue weighted by molar-refractivity contribution is 5.98. The second-order valence-electron chi connectivity index (χ2n) is 4.56. The molecule has 0 radical (unpaired) electrons. The number of nitro groups is 1. The first-order valence-electron chi connectivity index (χ1n) is 6.90. The van der Waals surface area contributed by atoms with Gasteiger partial charge in [-0.3, -0.25) is 14.9 Å². The van der Waals surface area contributed by atoms with E-state index in [4.69, 9.17) is 9.47 Å². The molecule has 1 N–H and O–H groups in total. The van der Waals surface area contributed by atoms with Crippen molar-refractivity contribution in [1.82, 2.24) is 5.32 Å². The Labute approximate surface area is 133 Å². The highest BCUT2D eigenvalue weighted by Gasteiger charge is 2.18. The second-order valence-corrected chi connectivity index (χ2v) is 4.56. The molecule has 1 amide bonds. The predicted octanol–water partition coefficient (Wildman–Crippen LogP) is 2.41. The van der Waals surface area contributed by atoms with Gasteiger partial charge in [-0.05, 0) is 18.2 Å². The van der Waals surface area contributed by atoms with E-state index in [9.17, 15) is 14.9 Å². The quantitative estimate of drug-likeness (QED) is 0.481. The van der Waals surface area contributed by atoms with Crippen LogP contribution in [-0.4, -0.2) is 31.1 Å². The van der Waals surface area contributed by atoms with E-state index in [0.29, 0.717) is 11.5 Å². The Morgan fingerprint density at radius 2 is 1.91 bits per heavy atom. The molecule has 2 rings (SSSR count). The lowest BCUT2D eigenvalue weighted by Crippen LogP contribution is -2.28. The zero-order valence-corrected chi connectivity index (χ0v) is 12.5. The number of nitrogens with zero attached hydrogens (tertiary/aromatic N) is 1. The van der Waals surface area contributed by atoms with Gasteiger partial charge in [0.1, 0.15) is 23.7 Å². The van der Waals surface area contributed by atoms with Crippen molar-refractivity contribution in [2.75, 3.05) is 20.3 Å². The zero-order chi connectivity index (χ0) is 16.7. The number of hydrogen-bond donors (Lipinski definition) is 1. The van der Waals surface area contributed by atoms with Crippen LogP contribution in [-0.2, 0) is 0 Å². The second kappa shape index (κ2) is 7.79. The van der Waals surface area contributed by atoms with Gasteiger partial charge in [-0.1, -0.05) is 18.2 Å². The summed E-state index contributed by atoms with van der Waals surface area (Å²) in [7, 11) is 1.56. The molecule has 2 aromatic rings. The van der Waals surface area contributed by atoms with Crippen LogP contribution in [0.5, 0.6) is 11.5 Å². The van der Waals surface area contributed by atoms with E-state index in [1.165, 1.54) is 18.2 Å². The minimum Gasteiger partial charge on any atom is -0.497 e. The summed E-state index contributed by atoms with van der Waals surface area (Å²) >= 11 is 0. The molecule has 7 heteroatoms. The van der Waals surface area contributed by atoms with Crippen LogP contribution in [0.25, 0.3) is 0 Å². The number of para-hydroxylation sites is 1. The molecule has 120 valence electrons. The Morgan fingerprint density at radius 1 is 1.17 bits per heavy atom. The molecule has 0 aromatic heterocycles. The van der Waals surface area contributed by atoms with E-state index in [2.05, 4.69) is 5.32 Å². The van der Waals surface area contributed by atoms with Crippen LogP contribution >= 0.6 is 0 Å². The number of methoxy groups -OCH3 is 1. The summed E-state index contributed by atoms with van der Waals surface area (Å²) in [6, 6.07) is 12.9. The number of hydrogen-bond acceptors (Lipinski definition) is 5. The van der Waals surface area contributed by atoms with Crippen molar-refractivity contribution in [3.63, 3.8) is 0 Å². The summed E-state index contributed by atoms with van der Waals surface area (Å²) in [4.78, 5) is 22.3. The first-order valence-corrected chi connectivity index (χ1v) is 6.90. The summed E-state index contributed by atoms with van der Waals surface area (Å²) in [6.07, 6.45) is 0. The minimum absolute atomic E-state index is 0.0267. The van der Waals surface area contributed by atoms with E-state index in [1.807, 2.05) is 0 Å². The van der Waals surface area contributed by atoms with Crippen LogP contribution < -0.4 is 14.8 Å². The van der Waals surface area contributed by atoms with Crippen LogP contribution in [0.4, 0.5) is 5.69 Å². The maximum absolute atomic E-state index is 12.0. The Balaban J connectivity index is 1.87. The average Bonchev–Trinajstić information content (AvgIpc) is 2.58. The van der Waals surface area contributed by atoms with Crippen molar-refractivity contribution >= 4 is 11.6 Å². The van der Waals surface area contributed by atoms with Gasteiger partial charge in [0.2, 0.25) is 0 Å². The number of ether oxygens (including phenoxy) is 2. The van der Waals surface area contributed by atoms with Crippen LogP contribution in [0.15, 0.2) is 48.5 Å². The van der Waals surface area contributed by atoms with E-state index in [-0.39, 0.29) is 24.4 Å². The van der Waals surface area contributed by atoms with Crippen molar-refractivity contribution in [1.29, 1.82) is 0 Å². The molecule has 0 unspecified atom stereocenters. The van der Waals surface area contributed by atoms with Crippen LogP contribution in [0.3, 0.4) is 0 Å². The topological polar surface area (TPSA) is 90.7 Å². The number of nitrogens with one attached hydrogen (secondary N) is 1.